The van der Waals surface area contributed by atoms with Crippen molar-refractivity contribution >= 4 is 28.3 Å². The van der Waals surface area contributed by atoms with Gasteiger partial charge in [0.25, 0.3) is 0 Å². The number of nitrogens with zero attached hydrogens (tertiary/aromatic N) is 2. The Morgan fingerprint density at radius 1 is 1.32 bits per heavy atom. The van der Waals surface area contributed by atoms with Gasteiger partial charge >= 0.3 is 0 Å². The molecule has 3 nitrogen and oxygen atoms in total. The fourth-order valence-electron chi connectivity index (χ4n) is 2.63. The van der Waals surface area contributed by atoms with Crippen LogP contribution in [0, 0.1) is 6.92 Å². The summed E-state index contributed by atoms with van der Waals surface area (Å²) in [6.07, 6.45) is 1.65. The highest BCUT2D eigenvalue weighted by Gasteiger charge is 2.19. The van der Waals surface area contributed by atoms with E-state index in [4.69, 9.17) is 16.6 Å². The number of rotatable bonds is 1. The van der Waals surface area contributed by atoms with E-state index in [0.717, 1.165) is 46.7 Å². The van der Waals surface area contributed by atoms with Crippen molar-refractivity contribution in [2.24, 2.45) is 0 Å². The smallest absolute Gasteiger partial charge is 0.129 e. The van der Waals surface area contributed by atoms with Crippen LogP contribution < -0.4 is 4.90 Å². The molecule has 1 aliphatic heterocycles. The molecule has 2 heterocycles. The number of aromatic nitrogens is 1. The van der Waals surface area contributed by atoms with Gasteiger partial charge in [-0.15, -0.1) is 0 Å². The van der Waals surface area contributed by atoms with Gasteiger partial charge in [0, 0.05) is 23.5 Å². The number of aryl methyl sites for hydroxylation is 1. The monoisotopic (exact) mass is 276 g/mol. The third-order valence-corrected chi connectivity index (χ3v) is 4.16. The molecule has 1 fully saturated rings. The third-order valence-electron chi connectivity index (χ3n) is 3.75. The molecule has 1 aliphatic rings. The maximum Gasteiger partial charge on any atom is 0.129 e. The molecule has 1 aromatic carbocycles. The number of fused-ring (bicyclic) bond motifs is 1. The highest BCUT2D eigenvalue weighted by Crippen LogP contribution is 2.27. The van der Waals surface area contributed by atoms with E-state index < -0.39 is 0 Å². The van der Waals surface area contributed by atoms with E-state index >= 15 is 0 Å². The van der Waals surface area contributed by atoms with Gasteiger partial charge in [-0.05, 0) is 43.5 Å². The molecule has 0 spiro atoms. The predicted octanol–water partition coefficient (Wildman–Crippen LogP) is 3.16. The van der Waals surface area contributed by atoms with Crippen molar-refractivity contribution in [2.75, 3.05) is 18.0 Å². The Morgan fingerprint density at radius 2 is 2.11 bits per heavy atom. The van der Waals surface area contributed by atoms with E-state index in [2.05, 4.69) is 11.0 Å². The van der Waals surface area contributed by atoms with Crippen molar-refractivity contribution in [1.82, 2.24) is 4.98 Å². The van der Waals surface area contributed by atoms with Crippen molar-refractivity contribution in [1.29, 1.82) is 0 Å². The molecule has 3 rings (SSSR count). The molecule has 1 N–H and O–H groups in total. The van der Waals surface area contributed by atoms with E-state index in [1.165, 1.54) is 0 Å². The molecule has 2 aromatic rings. The normalized spacial score (nSPS) is 19.9. The van der Waals surface area contributed by atoms with Crippen LogP contribution in [0.2, 0.25) is 5.02 Å². The average molecular weight is 277 g/mol. The lowest BCUT2D eigenvalue weighted by Crippen LogP contribution is -2.38. The van der Waals surface area contributed by atoms with E-state index in [1.807, 2.05) is 25.1 Å². The van der Waals surface area contributed by atoms with Crippen molar-refractivity contribution in [3.8, 4) is 0 Å². The standard InChI is InChI=1S/C15H17ClN2O/c1-10-13(16)6-4-11-5-7-14(17-15(10)11)18-8-2-3-12(19)9-18/h4-7,12,19H,2-3,8-9H2,1H3/t12-/m1/s1. The van der Waals surface area contributed by atoms with Crippen molar-refractivity contribution < 1.29 is 5.11 Å². The maximum absolute atomic E-state index is 9.76. The summed E-state index contributed by atoms with van der Waals surface area (Å²) in [6, 6.07) is 7.99. The number of benzene rings is 1. The second-order valence-electron chi connectivity index (χ2n) is 5.16. The van der Waals surface area contributed by atoms with Crippen LogP contribution in [-0.2, 0) is 0 Å². The number of anilines is 1. The number of hydrogen-bond donors (Lipinski definition) is 1. The molecule has 0 unspecified atom stereocenters. The van der Waals surface area contributed by atoms with Crippen LogP contribution in [-0.4, -0.2) is 29.3 Å². The Labute approximate surface area is 117 Å². The molecule has 19 heavy (non-hydrogen) atoms. The molecule has 0 saturated carbocycles. The zero-order valence-corrected chi connectivity index (χ0v) is 11.7. The molecular weight excluding hydrogens is 260 g/mol. The molecule has 1 atom stereocenters. The zero-order valence-electron chi connectivity index (χ0n) is 10.9. The number of hydrogen-bond acceptors (Lipinski definition) is 3. The number of β-amino-alcohol motifs (C(OH)–C–C–N with tert-alkyl or cyclic N) is 1. The Morgan fingerprint density at radius 3 is 2.89 bits per heavy atom. The molecule has 0 aliphatic carbocycles. The average Bonchev–Trinajstić information content (AvgIpc) is 2.43. The molecule has 0 bridgehead atoms. The maximum atomic E-state index is 9.76. The van der Waals surface area contributed by atoms with E-state index in [9.17, 15) is 5.11 Å². The summed E-state index contributed by atoms with van der Waals surface area (Å²) >= 11 is 6.16. The Kier molecular flexibility index (Phi) is 3.33. The minimum absolute atomic E-state index is 0.244. The van der Waals surface area contributed by atoms with Gasteiger partial charge in [0.05, 0.1) is 11.6 Å². The zero-order chi connectivity index (χ0) is 13.4. The minimum Gasteiger partial charge on any atom is -0.391 e. The molecule has 0 radical (unpaired) electrons. The first-order valence-electron chi connectivity index (χ1n) is 6.64. The van der Waals surface area contributed by atoms with Gasteiger partial charge in [0.1, 0.15) is 5.82 Å². The largest absolute Gasteiger partial charge is 0.391 e. The lowest BCUT2D eigenvalue weighted by atomic mass is 10.1. The van der Waals surface area contributed by atoms with Crippen LogP contribution in [0.5, 0.6) is 0 Å². The summed E-state index contributed by atoms with van der Waals surface area (Å²) in [7, 11) is 0. The summed E-state index contributed by atoms with van der Waals surface area (Å²) in [5.74, 6) is 0.927. The predicted molar refractivity (Wildman–Crippen MR) is 78.9 cm³/mol. The van der Waals surface area contributed by atoms with Crippen molar-refractivity contribution in [3.63, 3.8) is 0 Å². The molecule has 4 heteroatoms. The summed E-state index contributed by atoms with van der Waals surface area (Å²) in [5.41, 5.74) is 1.96. The highest BCUT2D eigenvalue weighted by atomic mass is 35.5. The van der Waals surface area contributed by atoms with Crippen LogP contribution in [0.4, 0.5) is 5.82 Å². The van der Waals surface area contributed by atoms with E-state index in [0.29, 0.717) is 6.54 Å². The number of aliphatic hydroxyl groups excluding tert-OH is 1. The van der Waals surface area contributed by atoms with Crippen LogP contribution in [0.25, 0.3) is 10.9 Å². The van der Waals surface area contributed by atoms with Gasteiger partial charge in [-0.3, -0.25) is 0 Å². The fourth-order valence-corrected chi connectivity index (χ4v) is 2.79. The summed E-state index contributed by atoms with van der Waals surface area (Å²) < 4.78 is 0. The highest BCUT2D eigenvalue weighted by molar-refractivity contribution is 6.32. The Hall–Kier alpha value is -1.32. The van der Waals surface area contributed by atoms with Gasteiger partial charge in [-0.25, -0.2) is 4.98 Å². The van der Waals surface area contributed by atoms with Crippen LogP contribution in [0.1, 0.15) is 18.4 Å². The van der Waals surface area contributed by atoms with E-state index in [-0.39, 0.29) is 6.10 Å². The molecular formula is C15H17ClN2O. The van der Waals surface area contributed by atoms with E-state index in [1.54, 1.807) is 0 Å². The first-order valence-corrected chi connectivity index (χ1v) is 7.02. The first kappa shape index (κ1) is 12.7. The second-order valence-corrected chi connectivity index (χ2v) is 5.56. The quantitative estimate of drug-likeness (QED) is 0.869. The minimum atomic E-state index is -0.244. The lowest BCUT2D eigenvalue weighted by Gasteiger charge is -2.31. The number of piperidine rings is 1. The molecule has 0 amide bonds. The summed E-state index contributed by atoms with van der Waals surface area (Å²) in [5, 5.41) is 11.6. The first-order chi connectivity index (χ1) is 9.15. The molecule has 1 saturated heterocycles. The molecule has 100 valence electrons. The summed E-state index contributed by atoms with van der Waals surface area (Å²) in [4.78, 5) is 6.87. The Balaban J connectivity index is 2.03. The SMILES string of the molecule is Cc1c(Cl)ccc2ccc(N3CCC[C@@H](O)C3)nc12. The summed E-state index contributed by atoms with van der Waals surface area (Å²) in [6.45, 7) is 3.61. The fraction of sp³-hybridized carbons (Fsp3) is 0.400. The number of aliphatic hydroxyl groups is 1. The third kappa shape index (κ3) is 2.40. The van der Waals surface area contributed by atoms with Crippen LogP contribution in [0.3, 0.4) is 0 Å². The Bertz CT molecular complexity index is 614. The number of halogens is 1. The number of pyridine rings is 1. The lowest BCUT2D eigenvalue weighted by molar-refractivity contribution is 0.154. The topological polar surface area (TPSA) is 36.4 Å². The van der Waals surface area contributed by atoms with Gasteiger partial charge in [0.15, 0.2) is 0 Å². The van der Waals surface area contributed by atoms with Gasteiger partial charge in [-0.2, -0.15) is 0 Å². The van der Waals surface area contributed by atoms with Gasteiger partial charge in [-0.1, -0.05) is 17.7 Å². The van der Waals surface area contributed by atoms with Crippen molar-refractivity contribution in [2.45, 2.75) is 25.9 Å². The van der Waals surface area contributed by atoms with Crippen molar-refractivity contribution in [3.05, 3.63) is 34.9 Å². The van der Waals surface area contributed by atoms with Gasteiger partial charge in [0.2, 0.25) is 0 Å². The van der Waals surface area contributed by atoms with Gasteiger partial charge < -0.3 is 10.0 Å². The van der Waals surface area contributed by atoms with Crippen LogP contribution in [0.15, 0.2) is 24.3 Å². The molecule has 1 aromatic heterocycles. The van der Waals surface area contributed by atoms with Crippen LogP contribution >= 0.6 is 11.6 Å². The second kappa shape index (κ2) is 4.99.